The molecular formula is C13H14FNO4. The van der Waals surface area contributed by atoms with Crippen molar-refractivity contribution in [1.82, 2.24) is 4.90 Å². The number of likely N-dealkylation sites (tertiary alicyclic amines) is 1. The average Bonchev–Trinajstić information content (AvgIpc) is 2.39. The van der Waals surface area contributed by atoms with E-state index in [4.69, 9.17) is 9.84 Å². The molecule has 0 aromatic heterocycles. The van der Waals surface area contributed by atoms with Crippen molar-refractivity contribution in [2.75, 3.05) is 13.1 Å². The van der Waals surface area contributed by atoms with Crippen LogP contribution in [0.25, 0.3) is 0 Å². The highest BCUT2D eigenvalue weighted by Gasteiger charge is 2.29. The molecule has 1 N–H and O–H groups in total. The van der Waals surface area contributed by atoms with Crippen LogP contribution in [0, 0.1) is 11.7 Å². The molecule has 2 rings (SSSR count). The Kier molecular flexibility index (Phi) is 3.99. The topological polar surface area (TPSA) is 66.8 Å². The fourth-order valence-electron chi connectivity index (χ4n) is 2.04. The molecule has 1 fully saturated rings. The Balaban J connectivity index is 1.98. The summed E-state index contributed by atoms with van der Waals surface area (Å²) in [4.78, 5) is 24.1. The number of aliphatic carboxylic acids is 1. The van der Waals surface area contributed by atoms with Gasteiger partial charge in [0.25, 0.3) is 0 Å². The summed E-state index contributed by atoms with van der Waals surface area (Å²) in [6.45, 7) is 0.585. The van der Waals surface area contributed by atoms with Crippen molar-refractivity contribution >= 4 is 12.1 Å². The standard InChI is InChI=1S/C13H14FNO4/c14-10-4-1-5-11(7-10)19-13(18)15-6-2-3-9(8-15)12(16)17/h1,4-5,7,9H,2-3,6,8H2,(H,16,17). The zero-order valence-electron chi connectivity index (χ0n) is 10.2. The van der Waals surface area contributed by atoms with E-state index in [0.29, 0.717) is 19.4 Å². The zero-order valence-corrected chi connectivity index (χ0v) is 10.2. The van der Waals surface area contributed by atoms with Crippen LogP contribution in [-0.2, 0) is 4.79 Å². The number of nitrogens with zero attached hydrogens (tertiary/aromatic N) is 1. The number of rotatable bonds is 2. The number of carbonyl (C=O) groups excluding carboxylic acids is 1. The molecule has 1 saturated heterocycles. The molecule has 1 amide bonds. The van der Waals surface area contributed by atoms with Crippen molar-refractivity contribution in [2.24, 2.45) is 5.92 Å². The molecule has 0 spiro atoms. The molecular weight excluding hydrogens is 253 g/mol. The number of halogens is 1. The number of carboxylic acids is 1. The van der Waals surface area contributed by atoms with Gasteiger partial charge in [0.2, 0.25) is 0 Å². The van der Waals surface area contributed by atoms with E-state index in [0.717, 1.165) is 6.07 Å². The maximum atomic E-state index is 12.9. The molecule has 1 unspecified atom stereocenters. The summed E-state index contributed by atoms with van der Waals surface area (Å²) in [7, 11) is 0. The number of hydrogen-bond acceptors (Lipinski definition) is 3. The van der Waals surface area contributed by atoms with Gasteiger partial charge in [-0.15, -0.1) is 0 Å². The largest absolute Gasteiger partial charge is 0.481 e. The van der Waals surface area contributed by atoms with Gasteiger partial charge in [-0.1, -0.05) is 6.07 Å². The lowest BCUT2D eigenvalue weighted by Gasteiger charge is -2.29. The summed E-state index contributed by atoms with van der Waals surface area (Å²) in [5.74, 6) is -1.85. The number of piperidine rings is 1. The maximum Gasteiger partial charge on any atom is 0.415 e. The predicted octanol–water partition coefficient (Wildman–Crippen LogP) is 2.12. The third-order valence-electron chi connectivity index (χ3n) is 3.03. The van der Waals surface area contributed by atoms with Gasteiger partial charge in [0.1, 0.15) is 11.6 Å². The van der Waals surface area contributed by atoms with Crippen molar-refractivity contribution < 1.29 is 23.8 Å². The molecule has 1 aliphatic heterocycles. The lowest BCUT2D eigenvalue weighted by atomic mass is 9.99. The van der Waals surface area contributed by atoms with Crippen molar-refractivity contribution in [1.29, 1.82) is 0 Å². The SMILES string of the molecule is O=C(O)C1CCCN(C(=O)Oc2cccc(F)c2)C1. The summed E-state index contributed by atoms with van der Waals surface area (Å²) in [6, 6.07) is 5.27. The molecule has 0 saturated carbocycles. The van der Waals surface area contributed by atoms with Gasteiger partial charge < -0.3 is 14.7 Å². The normalized spacial score (nSPS) is 19.0. The van der Waals surface area contributed by atoms with E-state index in [9.17, 15) is 14.0 Å². The van der Waals surface area contributed by atoms with Crippen molar-refractivity contribution in [3.63, 3.8) is 0 Å². The molecule has 1 atom stereocenters. The molecule has 102 valence electrons. The molecule has 1 aliphatic rings. The molecule has 19 heavy (non-hydrogen) atoms. The minimum absolute atomic E-state index is 0.113. The lowest BCUT2D eigenvalue weighted by molar-refractivity contribution is -0.143. The third-order valence-corrected chi connectivity index (χ3v) is 3.03. The molecule has 0 bridgehead atoms. The number of amides is 1. The van der Waals surface area contributed by atoms with Crippen LogP contribution >= 0.6 is 0 Å². The van der Waals surface area contributed by atoms with Crippen LogP contribution in [0.5, 0.6) is 5.75 Å². The molecule has 1 aromatic carbocycles. The van der Waals surface area contributed by atoms with Gasteiger partial charge in [0, 0.05) is 19.2 Å². The number of hydrogen-bond donors (Lipinski definition) is 1. The Hall–Kier alpha value is -2.11. The fraction of sp³-hybridized carbons (Fsp3) is 0.385. The van der Waals surface area contributed by atoms with Crippen molar-refractivity contribution in [3.05, 3.63) is 30.1 Å². The highest BCUT2D eigenvalue weighted by Crippen LogP contribution is 2.19. The van der Waals surface area contributed by atoms with Crippen LogP contribution in [0.3, 0.4) is 0 Å². The van der Waals surface area contributed by atoms with Crippen LogP contribution < -0.4 is 4.74 Å². The second-order valence-electron chi connectivity index (χ2n) is 4.45. The van der Waals surface area contributed by atoms with Gasteiger partial charge in [0.15, 0.2) is 0 Å². The van der Waals surface area contributed by atoms with E-state index >= 15 is 0 Å². The number of ether oxygens (including phenoxy) is 1. The number of benzene rings is 1. The van der Waals surface area contributed by atoms with Gasteiger partial charge in [-0.2, -0.15) is 0 Å². The van der Waals surface area contributed by atoms with Crippen LogP contribution in [0.4, 0.5) is 9.18 Å². The van der Waals surface area contributed by atoms with Gasteiger partial charge >= 0.3 is 12.1 Å². The monoisotopic (exact) mass is 267 g/mol. The second kappa shape index (κ2) is 5.69. The van der Waals surface area contributed by atoms with Gasteiger partial charge in [-0.05, 0) is 25.0 Å². The summed E-state index contributed by atoms with van der Waals surface area (Å²) in [6.07, 6.45) is 0.533. The summed E-state index contributed by atoms with van der Waals surface area (Å²) >= 11 is 0. The molecule has 6 heteroatoms. The first-order chi connectivity index (χ1) is 9.06. The third kappa shape index (κ3) is 3.43. The van der Waals surface area contributed by atoms with Crippen LogP contribution in [0.15, 0.2) is 24.3 Å². The Bertz CT molecular complexity index is 491. The molecule has 0 radical (unpaired) electrons. The molecule has 1 heterocycles. The summed E-state index contributed by atoms with van der Waals surface area (Å²) < 4.78 is 18.0. The molecule has 5 nitrogen and oxygen atoms in total. The highest BCUT2D eigenvalue weighted by molar-refractivity contribution is 5.74. The first-order valence-electron chi connectivity index (χ1n) is 6.01. The first-order valence-corrected chi connectivity index (χ1v) is 6.01. The van der Waals surface area contributed by atoms with Crippen molar-refractivity contribution in [3.8, 4) is 5.75 Å². The minimum atomic E-state index is -0.914. The molecule has 1 aromatic rings. The minimum Gasteiger partial charge on any atom is -0.481 e. The van der Waals surface area contributed by atoms with E-state index in [-0.39, 0.29) is 12.3 Å². The smallest absolute Gasteiger partial charge is 0.415 e. The van der Waals surface area contributed by atoms with E-state index in [2.05, 4.69) is 0 Å². The second-order valence-corrected chi connectivity index (χ2v) is 4.45. The van der Waals surface area contributed by atoms with E-state index in [1.54, 1.807) is 0 Å². The number of carbonyl (C=O) groups is 2. The lowest BCUT2D eigenvalue weighted by Crippen LogP contribution is -2.43. The molecule has 0 aliphatic carbocycles. The van der Waals surface area contributed by atoms with E-state index < -0.39 is 23.8 Å². The first kappa shape index (κ1) is 13.3. The van der Waals surface area contributed by atoms with Crippen LogP contribution in [0.2, 0.25) is 0 Å². The predicted molar refractivity (Wildman–Crippen MR) is 64.4 cm³/mol. The van der Waals surface area contributed by atoms with Gasteiger partial charge in [-0.3, -0.25) is 4.79 Å². The Labute approximate surface area is 109 Å². The summed E-state index contributed by atoms with van der Waals surface area (Å²) in [5, 5.41) is 8.94. The summed E-state index contributed by atoms with van der Waals surface area (Å²) in [5.41, 5.74) is 0. The van der Waals surface area contributed by atoms with E-state index in [1.165, 1.54) is 23.1 Å². The fourth-order valence-corrected chi connectivity index (χ4v) is 2.04. The zero-order chi connectivity index (χ0) is 13.8. The van der Waals surface area contributed by atoms with E-state index in [1.807, 2.05) is 0 Å². The van der Waals surface area contributed by atoms with Crippen LogP contribution in [0.1, 0.15) is 12.8 Å². The van der Waals surface area contributed by atoms with Crippen LogP contribution in [-0.4, -0.2) is 35.2 Å². The number of carboxylic acid groups (broad SMARTS) is 1. The van der Waals surface area contributed by atoms with Gasteiger partial charge in [0.05, 0.1) is 5.92 Å². The van der Waals surface area contributed by atoms with Gasteiger partial charge in [-0.25, -0.2) is 9.18 Å². The Morgan fingerprint density at radius 2 is 2.21 bits per heavy atom. The Morgan fingerprint density at radius 3 is 2.89 bits per heavy atom. The quantitative estimate of drug-likeness (QED) is 0.891. The maximum absolute atomic E-state index is 12.9. The van der Waals surface area contributed by atoms with Crippen molar-refractivity contribution in [2.45, 2.75) is 12.8 Å². The average molecular weight is 267 g/mol. The Morgan fingerprint density at radius 1 is 1.42 bits per heavy atom. The highest BCUT2D eigenvalue weighted by atomic mass is 19.1.